The molecule has 2 fully saturated rings. The first kappa shape index (κ1) is 24.7. The molecule has 2 aliphatic rings. The van der Waals surface area contributed by atoms with Gasteiger partial charge in [0.15, 0.2) is 5.96 Å². The summed E-state index contributed by atoms with van der Waals surface area (Å²) >= 11 is 0. The van der Waals surface area contributed by atoms with E-state index in [1.807, 2.05) is 0 Å². The highest BCUT2D eigenvalue weighted by molar-refractivity contribution is 14.0. The van der Waals surface area contributed by atoms with E-state index in [4.69, 9.17) is 4.74 Å². The highest BCUT2D eigenvalue weighted by atomic mass is 127. The number of carbonyl (C=O) groups excluding carboxylic acids is 1. The minimum atomic E-state index is -0.0214. The van der Waals surface area contributed by atoms with E-state index < -0.39 is 0 Å². The molecule has 1 amide bonds. The van der Waals surface area contributed by atoms with Crippen LogP contribution in [-0.2, 0) is 9.53 Å². The average Bonchev–Trinajstić information content (AvgIpc) is 3.43. The highest BCUT2D eigenvalue weighted by Crippen LogP contribution is 2.24. The van der Waals surface area contributed by atoms with Crippen LogP contribution < -0.4 is 15.5 Å². The zero-order valence-corrected chi connectivity index (χ0v) is 20.7. The number of aliphatic imine (C=N–C) groups is 1. The number of halogens is 1. The lowest BCUT2D eigenvalue weighted by Crippen LogP contribution is -2.42. The van der Waals surface area contributed by atoms with Gasteiger partial charge in [-0.1, -0.05) is 12.1 Å². The second-order valence-electron chi connectivity index (χ2n) is 8.12. The maximum absolute atomic E-state index is 12.0. The van der Waals surface area contributed by atoms with Crippen LogP contribution in [0, 0.1) is 0 Å². The van der Waals surface area contributed by atoms with Gasteiger partial charge in [0.1, 0.15) is 6.54 Å². The molecule has 0 saturated carbocycles. The normalized spacial score (nSPS) is 19.9. The van der Waals surface area contributed by atoms with Gasteiger partial charge in [-0.15, -0.1) is 24.0 Å². The van der Waals surface area contributed by atoms with Crippen molar-refractivity contribution in [3.63, 3.8) is 0 Å². The van der Waals surface area contributed by atoms with E-state index >= 15 is 0 Å². The molecule has 30 heavy (non-hydrogen) atoms. The lowest BCUT2D eigenvalue weighted by Gasteiger charge is -2.23. The van der Waals surface area contributed by atoms with E-state index in [0.29, 0.717) is 12.5 Å². The van der Waals surface area contributed by atoms with Crippen molar-refractivity contribution in [1.82, 2.24) is 15.5 Å². The molecule has 0 spiro atoms. The number of amides is 1. The number of hydrogen-bond acceptors (Lipinski definition) is 4. The Balaban J connectivity index is 0.00000320. The molecule has 0 aliphatic carbocycles. The Morgan fingerprint density at radius 2 is 2.07 bits per heavy atom. The lowest BCUT2D eigenvalue weighted by atomic mass is 10.1. The van der Waals surface area contributed by atoms with Crippen molar-refractivity contribution in [3.8, 4) is 0 Å². The van der Waals surface area contributed by atoms with Crippen LogP contribution in [0.5, 0.6) is 0 Å². The van der Waals surface area contributed by atoms with E-state index in [1.165, 1.54) is 24.1 Å². The fraction of sp³-hybridized carbons (Fsp3) is 0.636. The summed E-state index contributed by atoms with van der Waals surface area (Å²) < 4.78 is 5.70. The number of nitrogens with zero attached hydrogens (tertiary/aromatic N) is 3. The number of anilines is 1. The molecule has 1 aromatic rings. The molecule has 8 heteroatoms. The molecule has 2 saturated heterocycles. The minimum Gasteiger partial charge on any atom is -0.376 e. The van der Waals surface area contributed by atoms with Gasteiger partial charge in [-0.05, 0) is 50.3 Å². The molecule has 2 unspecified atom stereocenters. The summed E-state index contributed by atoms with van der Waals surface area (Å²) in [7, 11) is 3.49. The molecule has 168 valence electrons. The van der Waals surface area contributed by atoms with Crippen molar-refractivity contribution < 1.29 is 9.53 Å². The van der Waals surface area contributed by atoms with Crippen LogP contribution in [0.3, 0.4) is 0 Å². The van der Waals surface area contributed by atoms with E-state index in [1.54, 1.807) is 19.0 Å². The molecule has 7 nitrogen and oxygen atoms in total. The standard InChI is InChI=1S/C22H35N5O2.HI/c1-17(18-8-6-9-19(14-18)27-11-4-5-12-27)25-22(24-16-21(28)26(2)3)23-15-20-10-7-13-29-20;/h6,8-9,14,17,20H,4-5,7,10-13,15-16H2,1-3H3,(H2,23,24,25);1H. The van der Waals surface area contributed by atoms with Gasteiger partial charge in [-0.25, -0.2) is 4.99 Å². The Hall–Kier alpha value is -1.55. The summed E-state index contributed by atoms with van der Waals surface area (Å²) in [6.45, 7) is 6.03. The second-order valence-corrected chi connectivity index (χ2v) is 8.12. The Kier molecular flexibility index (Phi) is 10.2. The van der Waals surface area contributed by atoms with Crippen molar-refractivity contribution in [3.05, 3.63) is 29.8 Å². The van der Waals surface area contributed by atoms with Crippen molar-refractivity contribution in [2.24, 2.45) is 4.99 Å². The van der Waals surface area contributed by atoms with Gasteiger partial charge in [0.05, 0.1) is 12.1 Å². The first-order chi connectivity index (χ1) is 14.0. The van der Waals surface area contributed by atoms with Crippen LogP contribution in [0.25, 0.3) is 0 Å². The Labute approximate surface area is 197 Å². The molecule has 2 heterocycles. The Bertz CT molecular complexity index is 701. The summed E-state index contributed by atoms with van der Waals surface area (Å²) in [4.78, 5) is 20.5. The predicted octanol–water partition coefficient (Wildman–Crippen LogP) is 2.77. The number of ether oxygens (including phenoxy) is 1. The summed E-state index contributed by atoms with van der Waals surface area (Å²) in [6, 6.07) is 8.77. The van der Waals surface area contributed by atoms with E-state index in [-0.39, 0.29) is 48.6 Å². The molecular formula is C22H36IN5O2. The smallest absolute Gasteiger partial charge is 0.243 e. The number of nitrogens with one attached hydrogen (secondary N) is 2. The third-order valence-corrected chi connectivity index (χ3v) is 5.59. The van der Waals surface area contributed by atoms with E-state index in [0.717, 1.165) is 32.5 Å². The Morgan fingerprint density at radius 3 is 2.73 bits per heavy atom. The minimum absolute atomic E-state index is 0. The van der Waals surface area contributed by atoms with Gasteiger partial charge in [-0.2, -0.15) is 0 Å². The van der Waals surface area contributed by atoms with Crippen LogP contribution in [-0.4, -0.2) is 69.8 Å². The highest BCUT2D eigenvalue weighted by Gasteiger charge is 2.18. The molecule has 2 atom stereocenters. The number of likely N-dealkylation sites (N-methyl/N-ethyl adjacent to an activating group) is 1. The third-order valence-electron chi connectivity index (χ3n) is 5.59. The number of benzene rings is 1. The maximum Gasteiger partial charge on any atom is 0.243 e. The predicted molar refractivity (Wildman–Crippen MR) is 133 cm³/mol. The number of hydrogen-bond donors (Lipinski definition) is 2. The molecule has 1 aromatic carbocycles. The molecule has 2 N–H and O–H groups in total. The summed E-state index contributed by atoms with van der Waals surface area (Å²) in [5.41, 5.74) is 2.49. The van der Waals surface area contributed by atoms with Gasteiger partial charge in [-0.3, -0.25) is 4.79 Å². The monoisotopic (exact) mass is 529 g/mol. The second kappa shape index (κ2) is 12.3. The van der Waals surface area contributed by atoms with Crippen LogP contribution in [0.1, 0.15) is 44.2 Å². The van der Waals surface area contributed by atoms with Gasteiger partial charge < -0.3 is 25.2 Å². The van der Waals surface area contributed by atoms with Crippen molar-refractivity contribution in [1.29, 1.82) is 0 Å². The Morgan fingerprint density at radius 1 is 1.30 bits per heavy atom. The molecule has 0 aromatic heterocycles. The van der Waals surface area contributed by atoms with Crippen molar-refractivity contribution in [2.75, 3.05) is 51.8 Å². The zero-order valence-electron chi connectivity index (χ0n) is 18.4. The van der Waals surface area contributed by atoms with Crippen LogP contribution in [0.4, 0.5) is 5.69 Å². The molecule has 0 bridgehead atoms. The van der Waals surface area contributed by atoms with Gasteiger partial charge in [0.2, 0.25) is 5.91 Å². The number of rotatable bonds is 7. The lowest BCUT2D eigenvalue weighted by molar-refractivity contribution is -0.127. The van der Waals surface area contributed by atoms with Crippen LogP contribution >= 0.6 is 24.0 Å². The van der Waals surface area contributed by atoms with Gasteiger partial charge >= 0.3 is 0 Å². The first-order valence-electron chi connectivity index (χ1n) is 10.7. The van der Waals surface area contributed by atoms with Crippen molar-refractivity contribution >= 4 is 41.5 Å². The van der Waals surface area contributed by atoms with Crippen LogP contribution in [0.15, 0.2) is 29.3 Å². The summed E-state index contributed by atoms with van der Waals surface area (Å²) in [5.74, 6) is 0.627. The third kappa shape index (κ3) is 7.30. The number of guanidine groups is 1. The molecular weight excluding hydrogens is 493 g/mol. The fourth-order valence-electron chi connectivity index (χ4n) is 3.71. The average molecular weight is 529 g/mol. The van der Waals surface area contributed by atoms with Gasteiger partial charge in [0, 0.05) is 46.0 Å². The molecule has 3 rings (SSSR count). The molecule has 0 radical (unpaired) electrons. The topological polar surface area (TPSA) is 69.2 Å². The van der Waals surface area contributed by atoms with E-state index in [9.17, 15) is 4.79 Å². The summed E-state index contributed by atoms with van der Waals surface area (Å²) in [5, 5.41) is 6.82. The zero-order chi connectivity index (χ0) is 20.6. The van der Waals surface area contributed by atoms with E-state index in [2.05, 4.69) is 51.7 Å². The number of carbonyl (C=O) groups is 1. The van der Waals surface area contributed by atoms with Gasteiger partial charge in [0.25, 0.3) is 0 Å². The first-order valence-corrected chi connectivity index (χ1v) is 10.7. The van der Waals surface area contributed by atoms with Crippen molar-refractivity contribution in [2.45, 2.75) is 44.8 Å². The quantitative estimate of drug-likeness (QED) is 0.323. The molecule has 2 aliphatic heterocycles. The summed E-state index contributed by atoms with van der Waals surface area (Å²) in [6.07, 6.45) is 4.90. The largest absolute Gasteiger partial charge is 0.376 e. The SMILES string of the molecule is CC(NC(=NCC(=O)N(C)C)NCC1CCCO1)c1cccc(N2CCCC2)c1.I. The fourth-order valence-corrected chi connectivity index (χ4v) is 3.71. The van der Waals surface area contributed by atoms with Crippen LogP contribution in [0.2, 0.25) is 0 Å². The maximum atomic E-state index is 12.0.